The highest BCUT2D eigenvalue weighted by Gasteiger charge is 2.43. The van der Waals surface area contributed by atoms with Crippen LogP contribution in [0.1, 0.15) is 115 Å². The summed E-state index contributed by atoms with van der Waals surface area (Å²) in [6, 6.07) is -2.11. The number of unbranched alkanes of at least 4 members (excludes halogenated alkanes) is 1. The number of aliphatic hydroxyl groups is 2. The van der Waals surface area contributed by atoms with Gasteiger partial charge in [-0.3, -0.25) is 87.0 Å². The van der Waals surface area contributed by atoms with Crippen molar-refractivity contribution in [3.63, 3.8) is 0 Å². The van der Waals surface area contributed by atoms with Gasteiger partial charge < -0.3 is 117 Å². The number of aliphatic hydroxyl groups excluding tert-OH is 2. The Bertz CT molecular complexity index is 3920. The van der Waals surface area contributed by atoms with Crippen LogP contribution in [-0.4, -0.2) is 246 Å². The van der Waals surface area contributed by atoms with E-state index in [0.717, 1.165) is 35.8 Å². The number of likely N-dealkylation sites (tertiary alicyclic amines) is 1. The number of nitrogens with zero attached hydrogens (tertiary/aromatic N) is 2. The van der Waals surface area contributed by atoms with Crippen molar-refractivity contribution in [1.82, 2.24) is 68.3 Å². The quantitative estimate of drug-likeness (QED) is 0.0108. The molecule has 616 valence electrons. The second-order valence-corrected chi connectivity index (χ2v) is 27.8. The number of carboxylic acids is 1. The number of benzene rings is 3. The molecule has 3 aromatic rings. The molecular weight excluding hydrogens is 1480 g/mol. The number of imide groups is 1. The molecule has 2 aliphatic heterocycles. The van der Waals surface area contributed by atoms with E-state index in [1.165, 1.54) is 72.8 Å². The summed E-state index contributed by atoms with van der Waals surface area (Å²) in [5.41, 5.74) is 23.7. The van der Waals surface area contributed by atoms with Gasteiger partial charge >= 0.3 is 5.97 Å². The molecule has 0 spiro atoms. The summed E-state index contributed by atoms with van der Waals surface area (Å²) in [5, 5.41) is 96.2. The molecule has 0 aliphatic carbocycles. The largest absolute Gasteiger partial charge is 0.508 e. The molecule has 26 N–H and O–H groups in total. The highest BCUT2D eigenvalue weighted by Crippen LogP contribution is 2.22. The summed E-state index contributed by atoms with van der Waals surface area (Å²) in [7, 11) is 0. The zero-order chi connectivity index (χ0) is 83.9. The van der Waals surface area contributed by atoms with Gasteiger partial charge in [0.25, 0.3) is 11.8 Å². The molecule has 113 heavy (non-hydrogen) atoms. The first-order valence-electron chi connectivity index (χ1n) is 36.5. The van der Waals surface area contributed by atoms with Gasteiger partial charge in [-0.15, -0.1) is 0 Å². The maximum Gasteiger partial charge on any atom is 0.305 e. The monoisotopic (exact) mass is 1580 g/mol. The molecular formula is C73H102N18O22. The Morgan fingerprint density at radius 1 is 0.504 bits per heavy atom. The molecule has 3 aromatic carbocycles. The average Bonchev–Trinajstić information content (AvgIpc) is 1.73. The standard InChI is InChI=1S/C73H102N18O22/c1-37(2)31-49(65(106)85-51(34-42-16-22-45(96)23-17-42)66(107)86-52(36-59(101)102)67(108)83-48(62(76)103)32-40-12-18-43(94)19-13-40)84-64(105)46(9-5-6-27-74)81-63(104)47(10-7-28-79-73(77)78)82-69(110)54-11-8-29-90(54)72(113)53(35-55(75)97)87-70(111)60(38(3)92)89-71(112)61(39(4)93)88-68(109)50(33-41-14-20-44(95)21-15-41)80-56(98)26-30-91-57(99)24-25-58(91)100/h12-25,37-39,46-54,60-61,92-96H,5-11,26-36,74H2,1-4H3,(H2,75,97)(H2,76,103)(H,80,98)(H,81,104)(H,82,110)(H,83,108)(H,84,105)(H,85,106)(H,86,107)(H,87,111)(H,88,109)(H,89,112)(H,101,102)(H4,77,78,79)/t38-,39-,46+,47+,48+,49+,50+,51+,52+,53+,54+,60+,61+/m1/s1. The summed E-state index contributed by atoms with van der Waals surface area (Å²) < 4.78 is 0. The minimum atomic E-state index is -2.03. The van der Waals surface area contributed by atoms with Crippen LogP contribution in [0, 0.1) is 11.3 Å². The zero-order valence-corrected chi connectivity index (χ0v) is 62.8. The Morgan fingerprint density at radius 3 is 1.41 bits per heavy atom. The van der Waals surface area contributed by atoms with Crippen molar-refractivity contribution in [2.24, 2.45) is 28.9 Å². The van der Waals surface area contributed by atoms with Crippen LogP contribution in [0.2, 0.25) is 0 Å². The van der Waals surface area contributed by atoms with Gasteiger partial charge in [-0.2, -0.15) is 0 Å². The van der Waals surface area contributed by atoms with E-state index in [1.54, 1.807) is 13.8 Å². The number of amides is 15. The topological polar surface area (TPSA) is 661 Å². The number of guanidine groups is 1. The van der Waals surface area contributed by atoms with E-state index in [4.69, 9.17) is 28.3 Å². The minimum Gasteiger partial charge on any atom is -0.508 e. The third kappa shape index (κ3) is 30.1. The van der Waals surface area contributed by atoms with Crippen molar-refractivity contribution in [3.05, 3.63) is 102 Å². The summed E-state index contributed by atoms with van der Waals surface area (Å²) in [5.74, 6) is -18.1. The fraction of sp³-hybridized carbons (Fsp3) is 0.493. The van der Waals surface area contributed by atoms with Gasteiger partial charge in [0.1, 0.15) is 83.7 Å². The van der Waals surface area contributed by atoms with Crippen molar-refractivity contribution in [1.29, 1.82) is 5.41 Å². The minimum absolute atomic E-state index is 0.0202. The third-order valence-corrected chi connectivity index (χ3v) is 18.1. The smallest absolute Gasteiger partial charge is 0.305 e. The first-order valence-corrected chi connectivity index (χ1v) is 36.5. The molecule has 15 amide bonds. The van der Waals surface area contributed by atoms with Gasteiger partial charge in [-0.05, 0) is 131 Å². The normalized spacial score (nSPS) is 16.3. The van der Waals surface area contributed by atoms with E-state index in [1.807, 2.05) is 0 Å². The SMILES string of the molecule is CC(C)C[C@H](NC(=O)[C@H](CCCCN)NC(=O)[C@H](CCCNC(=N)N)NC(=O)[C@@H]1CCCN1C(=O)[C@H](CC(N)=O)NC(=O)[C@@H](NC(=O)[C@@H](NC(=O)[C@H](Cc1ccc(O)cc1)NC(=O)CCN1C(=O)C=CC1=O)[C@@H](C)O)[C@@H](C)O)C(=O)N[C@@H](Cc1ccc(O)cc1)C(=O)N[C@@H](CC(=O)O)C(=O)N[C@@H](Cc1ccc(O)cc1)C(N)=O. The lowest BCUT2D eigenvalue weighted by atomic mass is 9.99. The number of aliphatic carboxylic acids is 1. The first kappa shape index (κ1) is 91.3. The molecule has 2 heterocycles. The Morgan fingerprint density at radius 2 is 0.920 bits per heavy atom. The van der Waals surface area contributed by atoms with Gasteiger partial charge in [0.2, 0.25) is 76.8 Å². The van der Waals surface area contributed by atoms with Crippen molar-refractivity contribution in [3.8, 4) is 17.2 Å². The van der Waals surface area contributed by atoms with Gasteiger partial charge in [0.15, 0.2) is 5.96 Å². The molecule has 40 heteroatoms. The van der Waals surface area contributed by atoms with E-state index in [0.29, 0.717) is 23.1 Å². The average molecular weight is 1580 g/mol. The van der Waals surface area contributed by atoms with Gasteiger partial charge in [0, 0.05) is 57.5 Å². The molecule has 0 aromatic heterocycles. The van der Waals surface area contributed by atoms with Crippen molar-refractivity contribution < 1.29 is 107 Å². The zero-order valence-electron chi connectivity index (χ0n) is 62.8. The second-order valence-electron chi connectivity index (χ2n) is 27.8. The predicted molar refractivity (Wildman–Crippen MR) is 400 cm³/mol. The Labute approximate surface area is 649 Å². The van der Waals surface area contributed by atoms with Crippen molar-refractivity contribution >= 4 is 101 Å². The lowest BCUT2D eigenvalue weighted by molar-refractivity contribution is -0.144. The van der Waals surface area contributed by atoms with Crippen LogP contribution in [0.5, 0.6) is 17.2 Å². The summed E-state index contributed by atoms with van der Waals surface area (Å²) >= 11 is 0. The second kappa shape index (κ2) is 44.5. The number of aromatic hydroxyl groups is 3. The van der Waals surface area contributed by atoms with Crippen LogP contribution in [0.15, 0.2) is 84.9 Å². The molecule has 13 atom stereocenters. The molecule has 5 rings (SSSR count). The number of phenolic OH excluding ortho intramolecular Hbond substituents is 3. The van der Waals surface area contributed by atoms with Crippen LogP contribution >= 0.6 is 0 Å². The molecule has 40 nitrogen and oxygen atoms in total. The molecule has 1 fully saturated rings. The number of carbonyl (C=O) groups is 16. The number of nitrogens with two attached hydrogens (primary N) is 4. The van der Waals surface area contributed by atoms with Crippen LogP contribution < -0.4 is 81.4 Å². The predicted octanol–water partition coefficient (Wildman–Crippen LogP) is -5.98. The molecule has 2 aliphatic rings. The highest BCUT2D eigenvalue weighted by atomic mass is 16.4. The maximum absolute atomic E-state index is 14.7. The summed E-state index contributed by atoms with van der Waals surface area (Å²) in [6.07, 6.45) is -4.77. The van der Waals surface area contributed by atoms with E-state index in [9.17, 15) is 107 Å². The summed E-state index contributed by atoms with van der Waals surface area (Å²) in [4.78, 5) is 221. The molecule has 1 saturated heterocycles. The van der Waals surface area contributed by atoms with E-state index in [2.05, 4.69) is 58.5 Å². The number of phenols is 3. The fourth-order valence-electron chi connectivity index (χ4n) is 12.1. The highest BCUT2D eigenvalue weighted by molar-refractivity contribution is 6.13. The van der Waals surface area contributed by atoms with Crippen molar-refractivity contribution in [2.45, 2.75) is 196 Å². The van der Waals surface area contributed by atoms with E-state index >= 15 is 0 Å². The first-order chi connectivity index (χ1) is 53.3. The number of nitrogens with one attached hydrogen (secondary N) is 12. The number of hydrogen-bond acceptors (Lipinski definition) is 23. The number of carbonyl (C=O) groups excluding carboxylic acids is 15. The van der Waals surface area contributed by atoms with E-state index < -0.39 is 198 Å². The molecule has 0 saturated carbocycles. The van der Waals surface area contributed by atoms with Crippen LogP contribution in [0.25, 0.3) is 0 Å². The number of primary amides is 2. The number of carboxylic acid groups (broad SMARTS) is 1. The molecule has 0 bridgehead atoms. The molecule has 0 unspecified atom stereocenters. The Balaban J connectivity index is 1.35. The lowest BCUT2D eigenvalue weighted by Gasteiger charge is -2.31. The van der Waals surface area contributed by atoms with Gasteiger partial charge in [-0.1, -0.05) is 50.2 Å². The number of hydrogen-bond donors (Lipinski definition) is 22. The van der Waals surface area contributed by atoms with Crippen LogP contribution in [0.3, 0.4) is 0 Å². The number of rotatable bonds is 46. The van der Waals surface area contributed by atoms with Gasteiger partial charge in [-0.25, -0.2) is 0 Å². The third-order valence-electron chi connectivity index (χ3n) is 18.1. The van der Waals surface area contributed by atoms with Crippen molar-refractivity contribution in [2.75, 3.05) is 26.2 Å². The Hall–Kier alpha value is -12.3. The maximum atomic E-state index is 14.7. The van der Waals surface area contributed by atoms with Crippen LogP contribution in [0.4, 0.5) is 0 Å². The lowest BCUT2D eigenvalue weighted by Crippen LogP contribution is -2.63. The van der Waals surface area contributed by atoms with Crippen LogP contribution in [-0.2, 0) is 96.0 Å². The summed E-state index contributed by atoms with van der Waals surface area (Å²) in [6.45, 7) is 5.06. The Kier molecular flexibility index (Phi) is 35.9. The fourth-order valence-corrected chi connectivity index (χ4v) is 12.1. The van der Waals surface area contributed by atoms with E-state index in [-0.39, 0.29) is 114 Å². The van der Waals surface area contributed by atoms with Gasteiger partial charge in [0.05, 0.1) is 25.0 Å². The molecule has 0 radical (unpaired) electrons.